The van der Waals surface area contributed by atoms with Crippen LogP contribution < -0.4 is 20.7 Å². The van der Waals surface area contributed by atoms with Gasteiger partial charge in [-0.3, -0.25) is 14.4 Å². The molecule has 0 spiro atoms. The van der Waals surface area contributed by atoms with Crippen LogP contribution in [0.2, 0.25) is 0 Å². The molecule has 0 fully saturated rings. The quantitative estimate of drug-likeness (QED) is 0.290. The van der Waals surface area contributed by atoms with Gasteiger partial charge in [0.2, 0.25) is 18.2 Å². The number of likely N-dealkylation sites (N-methyl/N-ethyl adjacent to an activating group) is 2. The van der Waals surface area contributed by atoms with Gasteiger partial charge in [0, 0.05) is 26.7 Å². The first-order valence-corrected chi connectivity index (χ1v) is 10.5. The number of rotatable bonds is 15. The molecular formula is C22H36N4O4. The largest absolute Gasteiger partial charge is 0.492 e. The molecule has 0 bridgehead atoms. The van der Waals surface area contributed by atoms with Crippen LogP contribution in [0.5, 0.6) is 5.75 Å². The molecule has 3 N–H and O–H groups in total. The van der Waals surface area contributed by atoms with Crippen molar-refractivity contribution in [3.05, 3.63) is 29.8 Å². The fourth-order valence-corrected chi connectivity index (χ4v) is 3.06. The SMILES string of the molecule is CCNC(=O)CN(C)C(=O)C(NCCOc1ccccc1CCCNC=O)C(C)C. The molecule has 168 valence electrons. The van der Waals surface area contributed by atoms with E-state index in [-0.39, 0.29) is 24.3 Å². The number of nitrogens with zero attached hydrogens (tertiary/aromatic N) is 1. The number of nitrogens with one attached hydrogen (secondary N) is 3. The van der Waals surface area contributed by atoms with Gasteiger partial charge in [0.25, 0.3) is 0 Å². The zero-order chi connectivity index (χ0) is 22.4. The second-order valence-electron chi connectivity index (χ2n) is 7.46. The van der Waals surface area contributed by atoms with Gasteiger partial charge < -0.3 is 25.6 Å². The van der Waals surface area contributed by atoms with Gasteiger partial charge in [-0.15, -0.1) is 0 Å². The lowest BCUT2D eigenvalue weighted by molar-refractivity contribution is -0.137. The first kappa shape index (κ1) is 25.4. The van der Waals surface area contributed by atoms with Crippen LogP contribution in [0.1, 0.15) is 32.8 Å². The fraction of sp³-hybridized carbons (Fsp3) is 0.591. The molecule has 0 saturated heterocycles. The number of carbonyl (C=O) groups excluding carboxylic acids is 3. The molecule has 3 amide bonds. The summed E-state index contributed by atoms with van der Waals surface area (Å²) in [5.74, 6) is 0.608. The molecule has 1 unspecified atom stereocenters. The van der Waals surface area contributed by atoms with E-state index in [0.717, 1.165) is 24.2 Å². The number of ether oxygens (including phenoxy) is 1. The molecule has 0 aliphatic rings. The van der Waals surface area contributed by atoms with Crippen LogP contribution in [0.4, 0.5) is 0 Å². The van der Waals surface area contributed by atoms with Crippen molar-refractivity contribution in [1.29, 1.82) is 0 Å². The topological polar surface area (TPSA) is 99.8 Å². The maximum Gasteiger partial charge on any atom is 0.240 e. The highest BCUT2D eigenvalue weighted by molar-refractivity contribution is 5.87. The van der Waals surface area contributed by atoms with Crippen molar-refractivity contribution in [1.82, 2.24) is 20.9 Å². The Bertz CT molecular complexity index is 666. The number of carbonyl (C=O) groups is 3. The average molecular weight is 421 g/mol. The van der Waals surface area contributed by atoms with Crippen molar-refractivity contribution < 1.29 is 19.1 Å². The molecule has 0 aliphatic carbocycles. The minimum atomic E-state index is -0.391. The first-order chi connectivity index (χ1) is 14.4. The summed E-state index contributed by atoms with van der Waals surface area (Å²) >= 11 is 0. The summed E-state index contributed by atoms with van der Waals surface area (Å²) in [6.07, 6.45) is 2.34. The van der Waals surface area contributed by atoms with Crippen molar-refractivity contribution in [2.75, 3.05) is 39.8 Å². The van der Waals surface area contributed by atoms with E-state index in [4.69, 9.17) is 4.74 Å². The Hall–Kier alpha value is -2.61. The molecule has 0 radical (unpaired) electrons. The molecule has 8 heteroatoms. The van der Waals surface area contributed by atoms with Gasteiger partial charge in [-0.25, -0.2) is 0 Å². The number of amides is 3. The molecule has 1 atom stereocenters. The molecule has 0 heterocycles. The predicted octanol–water partition coefficient (Wildman–Crippen LogP) is 0.953. The molecule has 8 nitrogen and oxygen atoms in total. The normalized spacial score (nSPS) is 11.6. The fourth-order valence-electron chi connectivity index (χ4n) is 3.06. The summed E-state index contributed by atoms with van der Waals surface area (Å²) in [7, 11) is 1.64. The zero-order valence-corrected chi connectivity index (χ0v) is 18.6. The van der Waals surface area contributed by atoms with Crippen molar-refractivity contribution in [2.24, 2.45) is 5.92 Å². The molecule has 0 aromatic heterocycles. The number of benzene rings is 1. The predicted molar refractivity (Wildman–Crippen MR) is 117 cm³/mol. The van der Waals surface area contributed by atoms with E-state index in [0.29, 0.717) is 32.7 Å². The van der Waals surface area contributed by atoms with Crippen molar-refractivity contribution in [2.45, 2.75) is 39.7 Å². The average Bonchev–Trinajstić information content (AvgIpc) is 2.71. The van der Waals surface area contributed by atoms with Crippen molar-refractivity contribution in [3.8, 4) is 5.75 Å². The summed E-state index contributed by atoms with van der Waals surface area (Å²) in [5.41, 5.74) is 1.09. The smallest absolute Gasteiger partial charge is 0.240 e. The highest BCUT2D eigenvalue weighted by Crippen LogP contribution is 2.19. The number of aryl methyl sites for hydroxylation is 1. The van der Waals surface area contributed by atoms with Gasteiger partial charge >= 0.3 is 0 Å². The van der Waals surface area contributed by atoms with Gasteiger partial charge in [0.05, 0.1) is 12.6 Å². The highest BCUT2D eigenvalue weighted by atomic mass is 16.5. The number of hydrogen-bond donors (Lipinski definition) is 3. The molecule has 30 heavy (non-hydrogen) atoms. The van der Waals surface area contributed by atoms with Gasteiger partial charge in [-0.05, 0) is 37.3 Å². The molecule has 1 aromatic carbocycles. The van der Waals surface area contributed by atoms with E-state index in [2.05, 4.69) is 16.0 Å². The first-order valence-electron chi connectivity index (χ1n) is 10.5. The Morgan fingerprint density at radius 2 is 1.93 bits per heavy atom. The van der Waals surface area contributed by atoms with Gasteiger partial charge in [-0.1, -0.05) is 32.0 Å². The van der Waals surface area contributed by atoms with E-state index >= 15 is 0 Å². The Balaban J connectivity index is 2.52. The van der Waals surface area contributed by atoms with Gasteiger partial charge in [-0.2, -0.15) is 0 Å². The Morgan fingerprint density at radius 3 is 2.60 bits per heavy atom. The lowest BCUT2D eigenvalue weighted by atomic mass is 10.0. The second-order valence-corrected chi connectivity index (χ2v) is 7.46. The van der Waals surface area contributed by atoms with Crippen LogP contribution in [0, 0.1) is 5.92 Å². The minimum Gasteiger partial charge on any atom is -0.492 e. The van der Waals surface area contributed by atoms with E-state index in [1.54, 1.807) is 7.05 Å². The zero-order valence-electron chi connectivity index (χ0n) is 18.6. The summed E-state index contributed by atoms with van der Waals surface area (Å²) < 4.78 is 5.92. The van der Waals surface area contributed by atoms with E-state index in [1.165, 1.54) is 4.90 Å². The Labute approximate surface area is 179 Å². The van der Waals surface area contributed by atoms with Crippen LogP contribution in [0.25, 0.3) is 0 Å². The third-order valence-electron chi connectivity index (χ3n) is 4.61. The summed E-state index contributed by atoms with van der Waals surface area (Å²) in [6, 6.07) is 7.43. The van der Waals surface area contributed by atoms with Crippen molar-refractivity contribution in [3.63, 3.8) is 0 Å². The van der Waals surface area contributed by atoms with Crippen molar-refractivity contribution >= 4 is 18.2 Å². The van der Waals surface area contributed by atoms with Crippen LogP contribution >= 0.6 is 0 Å². The number of hydrogen-bond acceptors (Lipinski definition) is 5. The maximum absolute atomic E-state index is 12.7. The monoisotopic (exact) mass is 420 g/mol. The molecule has 0 aliphatic heterocycles. The van der Waals surface area contributed by atoms with Crippen LogP contribution in [-0.4, -0.2) is 69.0 Å². The molecular weight excluding hydrogens is 384 g/mol. The van der Waals surface area contributed by atoms with E-state index in [1.807, 2.05) is 45.0 Å². The van der Waals surface area contributed by atoms with Gasteiger partial charge in [0.1, 0.15) is 12.4 Å². The third-order valence-corrected chi connectivity index (χ3v) is 4.61. The Kier molecular flexibility index (Phi) is 12.2. The molecule has 0 saturated carbocycles. The summed E-state index contributed by atoms with van der Waals surface area (Å²) in [4.78, 5) is 36.3. The molecule has 1 aromatic rings. The van der Waals surface area contributed by atoms with Gasteiger partial charge in [0.15, 0.2) is 0 Å². The lowest BCUT2D eigenvalue weighted by Crippen LogP contribution is -2.51. The Morgan fingerprint density at radius 1 is 1.20 bits per heavy atom. The minimum absolute atomic E-state index is 0.0421. The lowest BCUT2D eigenvalue weighted by Gasteiger charge is -2.27. The standard InChI is InChI=1S/C22H36N4O4/c1-5-24-20(28)15-26(4)22(29)21(17(2)3)25-13-14-30-19-11-7-6-9-18(19)10-8-12-23-16-27/h6-7,9,11,16-17,21,25H,5,8,10,12-15H2,1-4H3,(H,23,27)(H,24,28). The maximum atomic E-state index is 12.7. The third kappa shape index (κ3) is 9.26. The van der Waals surface area contributed by atoms with Crippen LogP contribution in [0.15, 0.2) is 24.3 Å². The second kappa shape index (κ2) is 14.4. The van der Waals surface area contributed by atoms with Crippen LogP contribution in [0.3, 0.4) is 0 Å². The highest BCUT2D eigenvalue weighted by Gasteiger charge is 2.25. The van der Waals surface area contributed by atoms with E-state index in [9.17, 15) is 14.4 Å². The number of para-hydroxylation sites is 1. The summed E-state index contributed by atoms with van der Waals surface area (Å²) in [6.45, 7) is 7.92. The van der Waals surface area contributed by atoms with Crippen LogP contribution in [-0.2, 0) is 20.8 Å². The summed E-state index contributed by atoms with van der Waals surface area (Å²) in [5, 5.41) is 8.62. The molecule has 1 rings (SSSR count). The van der Waals surface area contributed by atoms with E-state index < -0.39 is 6.04 Å².